The number of carbonyl (C=O) groups is 1. The molecule has 8 heteroatoms. The van der Waals surface area contributed by atoms with Crippen LogP contribution in [0.25, 0.3) is 0 Å². The van der Waals surface area contributed by atoms with Gasteiger partial charge in [0.2, 0.25) is 15.9 Å². The van der Waals surface area contributed by atoms with Crippen molar-refractivity contribution >= 4 is 21.6 Å². The fourth-order valence-electron chi connectivity index (χ4n) is 3.07. The number of rotatable bonds is 12. The molecule has 0 saturated heterocycles. The zero-order valence-corrected chi connectivity index (χ0v) is 19.4. The summed E-state index contributed by atoms with van der Waals surface area (Å²) in [5.74, 6) is 1.34. The molecule has 1 unspecified atom stereocenters. The first-order chi connectivity index (χ1) is 14.7. The maximum Gasteiger partial charge on any atom is 0.232 e. The van der Waals surface area contributed by atoms with E-state index in [2.05, 4.69) is 5.32 Å². The van der Waals surface area contributed by atoms with Gasteiger partial charge in [0.15, 0.2) is 0 Å². The molecule has 2 rings (SSSR count). The molecular formula is C23H32N2O5S. The summed E-state index contributed by atoms with van der Waals surface area (Å²) < 4.78 is 36.9. The molecule has 0 spiro atoms. The molecule has 0 aliphatic rings. The van der Waals surface area contributed by atoms with Gasteiger partial charge in [-0.2, -0.15) is 0 Å². The van der Waals surface area contributed by atoms with Crippen LogP contribution >= 0.6 is 0 Å². The Hall–Kier alpha value is -2.74. The second kappa shape index (κ2) is 11.6. The van der Waals surface area contributed by atoms with Gasteiger partial charge in [-0.3, -0.25) is 9.10 Å². The molecule has 1 amide bonds. The second-order valence-electron chi connectivity index (χ2n) is 7.41. The number of hydrogen-bond acceptors (Lipinski definition) is 5. The fourth-order valence-corrected chi connectivity index (χ4v) is 4.03. The average Bonchev–Trinajstić information content (AvgIpc) is 2.71. The van der Waals surface area contributed by atoms with Crippen molar-refractivity contribution in [2.24, 2.45) is 0 Å². The van der Waals surface area contributed by atoms with Crippen LogP contribution in [-0.2, 0) is 14.8 Å². The monoisotopic (exact) mass is 448 g/mol. The summed E-state index contributed by atoms with van der Waals surface area (Å²) in [7, 11) is -3.47. The van der Waals surface area contributed by atoms with E-state index in [9.17, 15) is 13.2 Å². The SMILES string of the molecule is CCOc1ccc(N(CCCC(=O)NC(C)COc2ccccc2C)S(C)(=O)=O)cc1. The van der Waals surface area contributed by atoms with Crippen LogP contribution in [0.2, 0.25) is 0 Å². The molecule has 0 fully saturated rings. The lowest BCUT2D eigenvalue weighted by molar-refractivity contribution is -0.121. The maximum atomic E-state index is 12.3. The van der Waals surface area contributed by atoms with Gasteiger partial charge in [-0.1, -0.05) is 18.2 Å². The van der Waals surface area contributed by atoms with Crippen molar-refractivity contribution in [1.29, 1.82) is 0 Å². The largest absolute Gasteiger partial charge is 0.494 e. The summed E-state index contributed by atoms with van der Waals surface area (Å²) in [6.07, 6.45) is 1.78. The topological polar surface area (TPSA) is 84.9 Å². The number of amides is 1. The van der Waals surface area contributed by atoms with Crippen LogP contribution in [0.3, 0.4) is 0 Å². The van der Waals surface area contributed by atoms with Gasteiger partial charge < -0.3 is 14.8 Å². The second-order valence-corrected chi connectivity index (χ2v) is 9.32. The van der Waals surface area contributed by atoms with Crippen molar-refractivity contribution in [3.05, 3.63) is 54.1 Å². The molecule has 0 bridgehead atoms. The molecule has 0 aliphatic heterocycles. The Kier molecular flexibility index (Phi) is 9.18. The molecule has 1 atom stereocenters. The third-order valence-corrected chi connectivity index (χ3v) is 5.78. The number of benzene rings is 2. The summed E-state index contributed by atoms with van der Waals surface area (Å²) in [5, 5.41) is 2.89. The Morgan fingerprint density at radius 3 is 2.39 bits per heavy atom. The Labute approximate surface area is 185 Å². The minimum absolute atomic E-state index is 0.138. The van der Waals surface area contributed by atoms with E-state index in [1.807, 2.05) is 45.0 Å². The zero-order chi connectivity index (χ0) is 22.9. The van der Waals surface area contributed by atoms with Crippen LogP contribution in [-0.4, -0.2) is 46.4 Å². The van der Waals surface area contributed by atoms with E-state index in [-0.39, 0.29) is 24.9 Å². The van der Waals surface area contributed by atoms with Gasteiger partial charge in [0.25, 0.3) is 0 Å². The molecule has 170 valence electrons. The molecule has 1 N–H and O–H groups in total. The molecule has 0 radical (unpaired) electrons. The standard InChI is InChI=1S/C23H32N2O5S/c1-5-29-21-14-12-20(13-15-21)25(31(4,27)28)16-8-11-23(26)24-19(3)17-30-22-10-7-6-9-18(22)2/h6-7,9-10,12-15,19H,5,8,11,16-17H2,1-4H3,(H,24,26). The lowest BCUT2D eigenvalue weighted by Crippen LogP contribution is -2.37. The Bertz CT molecular complexity index is 945. The Balaban J connectivity index is 1.83. The number of hydrogen-bond donors (Lipinski definition) is 1. The van der Waals surface area contributed by atoms with Gasteiger partial charge in [0.05, 0.1) is 24.6 Å². The highest BCUT2D eigenvalue weighted by Gasteiger charge is 2.18. The van der Waals surface area contributed by atoms with Crippen molar-refractivity contribution in [2.45, 2.75) is 39.7 Å². The number of carbonyl (C=O) groups excluding carboxylic acids is 1. The summed E-state index contributed by atoms with van der Waals surface area (Å²) in [4.78, 5) is 12.3. The molecule has 0 saturated carbocycles. The predicted molar refractivity (Wildman–Crippen MR) is 123 cm³/mol. The first kappa shape index (κ1) is 24.5. The zero-order valence-electron chi connectivity index (χ0n) is 18.6. The fraction of sp³-hybridized carbons (Fsp3) is 0.435. The van der Waals surface area contributed by atoms with Crippen LogP contribution in [0.15, 0.2) is 48.5 Å². The summed E-state index contributed by atoms with van der Waals surface area (Å²) in [6, 6.07) is 14.4. The van der Waals surface area contributed by atoms with E-state index in [1.165, 1.54) is 4.31 Å². The summed E-state index contributed by atoms with van der Waals surface area (Å²) in [6.45, 7) is 6.85. The molecule has 2 aromatic carbocycles. The van der Waals surface area contributed by atoms with Gasteiger partial charge >= 0.3 is 0 Å². The van der Waals surface area contributed by atoms with Crippen LogP contribution in [0.1, 0.15) is 32.3 Å². The number of aryl methyl sites for hydroxylation is 1. The lowest BCUT2D eigenvalue weighted by atomic mass is 10.2. The van der Waals surface area contributed by atoms with Gasteiger partial charge in [-0.15, -0.1) is 0 Å². The number of anilines is 1. The van der Waals surface area contributed by atoms with Crippen molar-refractivity contribution in [3.63, 3.8) is 0 Å². The van der Waals surface area contributed by atoms with Crippen LogP contribution < -0.4 is 19.1 Å². The maximum absolute atomic E-state index is 12.3. The molecule has 2 aromatic rings. The normalized spacial score (nSPS) is 12.1. The lowest BCUT2D eigenvalue weighted by Gasteiger charge is -2.23. The highest BCUT2D eigenvalue weighted by Crippen LogP contribution is 2.22. The van der Waals surface area contributed by atoms with E-state index in [0.29, 0.717) is 31.1 Å². The Morgan fingerprint density at radius 1 is 1.10 bits per heavy atom. The average molecular weight is 449 g/mol. The van der Waals surface area contributed by atoms with Gasteiger partial charge in [-0.25, -0.2) is 8.42 Å². The first-order valence-electron chi connectivity index (χ1n) is 10.4. The first-order valence-corrected chi connectivity index (χ1v) is 12.2. The van der Waals surface area contributed by atoms with Crippen LogP contribution in [0.4, 0.5) is 5.69 Å². The highest BCUT2D eigenvalue weighted by molar-refractivity contribution is 7.92. The number of sulfonamides is 1. The molecule has 7 nitrogen and oxygen atoms in total. The smallest absolute Gasteiger partial charge is 0.232 e. The van der Waals surface area contributed by atoms with Crippen molar-refractivity contribution in [2.75, 3.05) is 30.3 Å². The molecule has 0 heterocycles. The molecular weight excluding hydrogens is 416 g/mol. The summed E-state index contributed by atoms with van der Waals surface area (Å²) >= 11 is 0. The van der Waals surface area contributed by atoms with Crippen molar-refractivity contribution in [3.8, 4) is 11.5 Å². The quantitative estimate of drug-likeness (QED) is 0.537. The third kappa shape index (κ3) is 8.13. The van der Waals surface area contributed by atoms with Crippen molar-refractivity contribution < 1.29 is 22.7 Å². The number of nitrogens with zero attached hydrogens (tertiary/aromatic N) is 1. The third-order valence-electron chi connectivity index (χ3n) is 4.59. The molecule has 0 aromatic heterocycles. The van der Waals surface area contributed by atoms with E-state index >= 15 is 0 Å². The minimum atomic E-state index is -3.47. The van der Waals surface area contributed by atoms with E-state index in [1.54, 1.807) is 24.3 Å². The molecule has 31 heavy (non-hydrogen) atoms. The van der Waals surface area contributed by atoms with Crippen LogP contribution in [0.5, 0.6) is 11.5 Å². The predicted octanol–water partition coefficient (Wildman–Crippen LogP) is 3.52. The Morgan fingerprint density at radius 2 is 1.77 bits per heavy atom. The number of para-hydroxylation sites is 1. The highest BCUT2D eigenvalue weighted by atomic mass is 32.2. The minimum Gasteiger partial charge on any atom is -0.494 e. The number of nitrogens with one attached hydrogen (secondary N) is 1. The van der Waals surface area contributed by atoms with Gasteiger partial charge in [0.1, 0.15) is 18.1 Å². The van der Waals surface area contributed by atoms with E-state index in [0.717, 1.165) is 17.6 Å². The molecule has 0 aliphatic carbocycles. The summed E-state index contributed by atoms with van der Waals surface area (Å²) in [5.41, 5.74) is 1.59. The number of ether oxygens (including phenoxy) is 2. The van der Waals surface area contributed by atoms with Crippen LogP contribution in [0, 0.1) is 6.92 Å². The van der Waals surface area contributed by atoms with Crippen molar-refractivity contribution in [1.82, 2.24) is 5.32 Å². The van der Waals surface area contributed by atoms with Gasteiger partial charge in [-0.05, 0) is 63.1 Å². The van der Waals surface area contributed by atoms with Gasteiger partial charge in [0, 0.05) is 13.0 Å². The van der Waals surface area contributed by atoms with E-state index in [4.69, 9.17) is 9.47 Å². The van der Waals surface area contributed by atoms with E-state index < -0.39 is 10.0 Å².